The van der Waals surface area contributed by atoms with Gasteiger partial charge in [0.25, 0.3) is 0 Å². The smallest absolute Gasteiger partial charge is 0.0206 e. The van der Waals surface area contributed by atoms with Crippen molar-refractivity contribution in [3.05, 3.63) is 10.6 Å². The van der Waals surface area contributed by atoms with Crippen LogP contribution in [-0.2, 0) is 0 Å². The maximum absolute atomic E-state index is 6.34. The number of rotatable bonds is 2. The first-order chi connectivity index (χ1) is 5.83. The number of halogens is 1. The van der Waals surface area contributed by atoms with Crippen molar-refractivity contribution in [2.75, 3.05) is 0 Å². The lowest BCUT2D eigenvalue weighted by atomic mass is 9.70. The van der Waals surface area contributed by atoms with Crippen molar-refractivity contribution >= 4 is 11.6 Å². The van der Waals surface area contributed by atoms with Crippen molar-refractivity contribution < 1.29 is 0 Å². The lowest BCUT2D eigenvalue weighted by Gasteiger charge is -2.38. The maximum Gasteiger partial charge on any atom is 0.0206 e. The Balaban J connectivity index is 1.99. The monoisotopic (exact) mass is 184 g/mol. The van der Waals surface area contributed by atoms with Gasteiger partial charge in [-0.05, 0) is 43.9 Å². The first-order valence-electron chi connectivity index (χ1n) is 5.20. The van der Waals surface area contributed by atoms with E-state index in [-0.39, 0.29) is 0 Å². The van der Waals surface area contributed by atoms with Crippen LogP contribution in [0.25, 0.3) is 0 Å². The molecule has 0 aromatic rings. The molecule has 2 aliphatic carbocycles. The lowest BCUT2D eigenvalue weighted by molar-refractivity contribution is 0.212. The summed E-state index contributed by atoms with van der Waals surface area (Å²) in [6.45, 7) is 2.28. The molecule has 0 bridgehead atoms. The average molecular weight is 185 g/mol. The molecule has 0 N–H and O–H groups in total. The van der Waals surface area contributed by atoms with Crippen LogP contribution >= 0.6 is 11.6 Å². The van der Waals surface area contributed by atoms with Gasteiger partial charge < -0.3 is 0 Å². The van der Waals surface area contributed by atoms with E-state index in [0.717, 1.165) is 11.8 Å². The van der Waals surface area contributed by atoms with Crippen LogP contribution in [0.1, 0.15) is 45.4 Å². The third-order valence-corrected chi connectivity index (χ3v) is 4.11. The molecule has 0 aromatic carbocycles. The third kappa shape index (κ3) is 1.31. The van der Waals surface area contributed by atoms with Crippen LogP contribution in [0.2, 0.25) is 0 Å². The van der Waals surface area contributed by atoms with Gasteiger partial charge in [-0.25, -0.2) is 0 Å². The Kier molecular flexibility index (Phi) is 2.45. The molecule has 2 unspecified atom stereocenters. The maximum atomic E-state index is 6.34. The van der Waals surface area contributed by atoms with Crippen molar-refractivity contribution in [3.8, 4) is 0 Å². The molecule has 0 heterocycles. The molecule has 2 rings (SSSR count). The fraction of sp³-hybridized carbons (Fsp3) is 0.818. The Bertz CT molecular complexity index is 197. The van der Waals surface area contributed by atoms with Crippen molar-refractivity contribution in [1.82, 2.24) is 0 Å². The summed E-state index contributed by atoms with van der Waals surface area (Å²) in [6, 6.07) is 0. The van der Waals surface area contributed by atoms with Crippen molar-refractivity contribution in [3.63, 3.8) is 0 Å². The second-order valence-corrected chi connectivity index (χ2v) is 4.56. The van der Waals surface area contributed by atoms with E-state index in [0.29, 0.717) is 0 Å². The molecule has 0 saturated heterocycles. The van der Waals surface area contributed by atoms with Crippen LogP contribution < -0.4 is 0 Å². The molecule has 0 nitrogen and oxygen atoms in total. The van der Waals surface area contributed by atoms with E-state index in [1.165, 1.54) is 43.6 Å². The van der Waals surface area contributed by atoms with E-state index in [1.54, 1.807) is 5.57 Å². The number of allylic oxidation sites excluding steroid dienone is 2. The Morgan fingerprint density at radius 2 is 2.17 bits per heavy atom. The van der Waals surface area contributed by atoms with Crippen molar-refractivity contribution in [2.45, 2.75) is 45.4 Å². The standard InChI is InChI=1S/C11H17Cl/c1-2-8-6-7-10(8)11(12)9-4-3-5-9/h8,10H,2-7H2,1H3. The third-order valence-electron chi connectivity index (χ3n) is 3.56. The molecule has 2 aliphatic rings. The second-order valence-electron chi connectivity index (χ2n) is 4.16. The molecule has 68 valence electrons. The van der Waals surface area contributed by atoms with Crippen molar-refractivity contribution in [1.29, 1.82) is 0 Å². The fourth-order valence-corrected chi connectivity index (χ4v) is 2.72. The van der Waals surface area contributed by atoms with Gasteiger partial charge >= 0.3 is 0 Å². The predicted molar refractivity (Wildman–Crippen MR) is 53.2 cm³/mol. The van der Waals surface area contributed by atoms with Crippen molar-refractivity contribution in [2.24, 2.45) is 11.8 Å². The molecule has 12 heavy (non-hydrogen) atoms. The van der Waals surface area contributed by atoms with Gasteiger partial charge in [0, 0.05) is 5.03 Å². The fourth-order valence-electron chi connectivity index (χ4n) is 2.25. The minimum Gasteiger partial charge on any atom is -0.0889 e. The molecule has 0 spiro atoms. The Labute approximate surface area is 80.0 Å². The summed E-state index contributed by atoms with van der Waals surface area (Å²) >= 11 is 6.34. The molecule has 0 radical (unpaired) electrons. The molecule has 2 atom stereocenters. The zero-order chi connectivity index (χ0) is 8.55. The van der Waals surface area contributed by atoms with Crippen LogP contribution in [0, 0.1) is 11.8 Å². The van der Waals surface area contributed by atoms with Gasteiger partial charge in [0.05, 0.1) is 0 Å². The van der Waals surface area contributed by atoms with Gasteiger partial charge in [-0.2, -0.15) is 0 Å². The summed E-state index contributed by atoms with van der Waals surface area (Å²) in [6.07, 6.45) is 8.01. The first-order valence-corrected chi connectivity index (χ1v) is 5.58. The summed E-state index contributed by atoms with van der Waals surface area (Å²) in [4.78, 5) is 0. The van der Waals surface area contributed by atoms with Gasteiger partial charge in [-0.15, -0.1) is 0 Å². The van der Waals surface area contributed by atoms with Crippen LogP contribution in [-0.4, -0.2) is 0 Å². The number of hydrogen-bond acceptors (Lipinski definition) is 0. The quantitative estimate of drug-likeness (QED) is 0.606. The molecule has 0 amide bonds. The topological polar surface area (TPSA) is 0 Å². The van der Waals surface area contributed by atoms with Gasteiger partial charge in [0.15, 0.2) is 0 Å². The summed E-state index contributed by atoms with van der Waals surface area (Å²) in [5, 5.41) is 1.25. The number of hydrogen-bond donors (Lipinski definition) is 0. The highest BCUT2D eigenvalue weighted by atomic mass is 35.5. The van der Waals surface area contributed by atoms with Crippen LogP contribution in [0.15, 0.2) is 10.6 Å². The van der Waals surface area contributed by atoms with Crippen LogP contribution in [0.3, 0.4) is 0 Å². The second kappa shape index (κ2) is 3.41. The normalized spacial score (nSPS) is 34.0. The molecule has 2 fully saturated rings. The van der Waals surface area contributed by atoms with Gasteiger partial charge in [0.1, 0.15) is 0 Å². The average Bonchev–Trinajstić information content (AvgIpc) is 1.80. The highest BCUT2D eigenvalue weighted by Crippen LogP contribution is 2.46. The van der Waals surface area contributed by atoms with E-state index in [2.05, 4.69) is 6.92 Å². The summed E-state index contributed by atoms with van der Waals surface area (Å²) in [7, 11) is 0. The largest absolute Gasteiger partial charge is 0.0889 e. The Morgan fingerprint density at radius 1 is 1.42 bits per heavy atom. The summed E-state index contributed by atoms with van der Waals surface area (Å²) in [5.74, 6) is 1.66. The van der Waals surface area contributed by atoms with E-state index in [9.17, 15) is 0 Å². The van der Waals surface area contributed by atoms with Gasteiger partial charge in [-0.1, -0.05) is 30.5 Å². The minimum atomic E-state index is 0.756. The highest BCUT2D eigenvalue weighted by Gasteiger charge is 2.33. The summed E-state index contributed by atoms with van der Waals surface area (Å²) < 4.78 is 0. The van der Waals surface area contributed by atoms with Crippen LogP contribution in [0.5, 0.6) is 0 Å². The van der Waals surface area contributed by atoms with Gasteiger partial charge in [0.2, 0.25) is 0 Å². The molecule has 2 saturated carbocycles. The zero-order valence-electron chi connectivity index (χ0n) is 7.78. The SMILES string of the molecule is CCC1CCC1C(Cl)=C1CCC1. The van der Waals surface area contributed by atoms with E-state index < -0.39 is 0 Å². The zero-order valence-corrected chi connectivity index (χ0v) is 8.53. The molecule has 0 aromatic heterocycles. The Morgan fingerprint density at radius 3 is 2.50 bits per heavy atom. The van der Waals surface area contributed by atoms with E-state index >= 15 is 0 Å². The molecular weight excluding hydrogens is 168 g/mol. The van der Waals surface area contributed by atoms with E-state index in [4.69, 9.17) is 11.6 Å². The lowest BCUT2D eigenvalue weighted by Crippen LogP contribution is -2.26. The van der Waals surface area contributed by atoms with Crippen LogP contribution in [0.4, 0.5) is 0 Å². The van der Waals surface area contributed by atoms with Gasteiger partial charge in [-0.3, -0.25) is 0 Å². The predicted octanol–water partition coefficient (Wildman–Crippen LogP) is 4.10. The Hall–Kier alpha value is 0.0300. The summed E-state index contributed by atoms with van der Waals surface area (Å²) in [5.41, 5.74) is 1.57. The highest BCUT2D eigenvalue weighted by molar-refractivity contribution is 6.30. The molecular formula is C11H17Cl. The first kappa shape index (κ1) is 8.62. The minimum absolute atomic E-state index is 0.756. The molecule has 0 aliphatic heterocycles. The van der Waals surface area contributed by atoms with E-state index in [1.807, 2.05) is 0 Å². The molecule has 1 heteroatoms.